The number of hydrogen-bond acceptors (Lipinski definition) is 3. The molecule has 3 rings (SSSR count). The molecule has 1 unspecified atom stereocenters. The largest absolute Gasteiger partial charge is 0.320 e. The summed E-state index contributed by atoms with van der Waals surface area (Å²) in [5, 5.41) is 3.36. The number of amides is 1. The Balaban J connectivity index is 1.83. The average molecular weight is 287 g/mol. The van der Waals surface area contributed by atoms with E-state index in [0.717, 1.165) is 6.54 Å². The van der Waals surface area contributed by atoms with Crippen LogP contribution < -0.4 is 5.32 Å². The van der Waals surface area contributed by atoms with Gasteiger partial charge in [-0.05, 0) is 32.5 Å². The Morgan fingerprint density at radius 3 is 2.52 bits per heavy atom. The fraction of sp³-hybridized carbons (Fsp3) is 0.588. The molecule has 4 heteroatoms. The molecule has 21 heavy (non-hydrogen) atoms. The highest BCUT2D eigenvalue weighted by Gasteiger charge is 2.42. The van der Waals surface area contributed by atoms with Crippen LogP contribution in [-0.4, -0.2) is 48.4 Å². The standard InChI is InChI=1S/C17H25N3O/c1-19(2)17(10-6-7-11-17)13-20-15(21)12-18-16(20)14-8-4-3-5-9-14/h3-5,8-9,16,18H,6-7,10-13H2,1-2H3. The predicted octanol–water partition coefficient (Wildman–Crippen LogP) is 1.99. The van der Waals surface area contributed by atoms with Crippen molar-refractivity contribution in [2.75, 3.05) is 27.2 Å². The SMILES string of the molecule is CN(C)C1(CN2C(=O)CNC2c2ccccc2)CCCC1. The monoisotopic (exact) mass is 287 g/mol. The van der Waals surface area contributed by atoms with E-state index in [2.05, 4.69) is 36.4 Å². The van der Waals surface area contributed by atoms with Gasteiger partial charge in [0, 0.05) is 12.1 Å². The number of hydrogen-bond donors (Lipinski definition) is 1. The Bertz CT molecular complexity index is 494. The van der Waals surface area contributed by atoms with Crippen LogP contribution in [0.2, 0.25) is 0 Å². The van der Waals surface area contributed by atoms with E-state index < -0.39 is 0 Å². The van der Waals surface area contributed by atoms with Gasteiger partial charge in [0.15, 0.2) is 0 Å². The fourth-order valence-corrected chi connectivity index (χ4v) is 3.75. The van der Waals surface area contributed by atoms with Gasteiger partial charge in [0.1, 0.15) is 6.17 Å². The molecule has 0 spiro atoms. The van der Waals surface area contributed by atoms with Crippen LogP contribution in [0.4, 0.5) is 0 Å². The van der Waals surface area contributed by atoms with Crippen molar-refractivity contribution in [2.45, 2.75) is 37.4 Å². The van der Waals surface area contributed by atoms with Crippen molar-refractivity contribution < 1.29 is 4.79 Å². The van der Waals surface area contributed by atoms with E-state index in [1.807, 2.05) is 23.1 Å². The lowest BCUT2D eigenvalue weighted by molar-refractivity contribution is -0.129. The van der Waals surface area contributed by atoms with Crippen molar-refractivity contribution in [3.8, 4) is 0 Å². The Kier molecular flexibility index (Phi) is 4.00. The predicted molar refractivity (Wildman–Crippen MR) is 83.8 cm³/mol. The summed E-state index contributed by atoms with van der Waals surface area (Å²) in [4.78, 5) is 16.7. The highest BCUT2D eigenvalue weighted by molar-refractivity contribution is 5.81. The fourth-order valence-electron chi connectivity index (χ4n) is 3.75. The Morgan fingerprint density at radius 2 is 1.90 bits per heavy atom. The van der Waals surface area contributed by atoms with Crippen LogP contribution in [0, 0.1) is 0 Å². The van der Waals surface area contributed by atoms with Crippen LogP contribution in [0.3, 0.4) is 0 Å². The number of rotatable bonds is 4. The van der Waals surface area contributed by atoms with E-state index in [0.29, 0.717) is 6.54 Å². The van der Waals surface area contributed by atoms with Crippen molar-refractivity contribution in [3.05, 3.63) is 35.9 Å². The average Bonchev–Trinajstić information content (AvgIpc) is 3.10. The van der Waals surface area contributed by atoms with E-state index in [9.17, 15) is 4.79 Å². The summed E-state index contributed by atoms with van der Waals surface area (Å²) in [7, 11) is 4.30. The molecule has 1 saturated carbocycles. The molecule has 0 aromatic heterocycles. The number of likely N-dealkylation sites (N-methyl/N-ethyl adjacent to an activating group) is 1. The summed E-state index contributed by atoms with van der Waals surface area (Å²) in [5.74, 6) is 0.219. The number of carbonyl (C=O) groups is 1. The third kappa shape index (κ3) is 2.70. The summed E-state index contributed by atoms with van der Waals surface area (Å²) in [6, 6.07) is 10.3. The second kappa shape index (κ2) is 5.78. The van der Waals surface area contributed by atoms with Gasteiger partial charge in [0.05, 0.1) is 6.54 Å². The lowest BCUT2D eigenvalue weighted by Crippen LogP contribution is -2.52. The van der Waals surface area contributed by atoms with Crippen LogP contribution in [0.5, 0.6) is 0 Å². The van der Waals surface area contributed by atoms with Gasteiger partial charge in [-0.25, -0.2) is 0 Å². The van der Waals surface area contributed by atoms with Crippen molar-refractivity contribution in [3.63, 3.8) is 0 Å². The second-order valence-electron chi connectivity index (χ2n) is 6.54. The molecule has 1 aromatic carbocycles. The summed E-state index contributed by atoms with van der Waals surface area (Å²) in [6.07, 6.45) is 4.93. The quantitative estimate of drug-likeness (QED) is 0.920. The van der Waals surface area contributed by atoms with Crippen molar-refractivity contribution >= 4 is 5.91 Å². The molecule has 2 aliphatic rings. The first-order chi connectivity index (χ1) is 10.1. The lowest BCUT2D eigenvalue weighted by atomic mass is 9.94. The molecule has 1 heterocycles. The first-order valence-electron chi connectivity index (χ1n) is 7.88. The van der Waals surface area contributed by atoms with E-state index >= 15 is 0 Å². The van der Waals surface area contributed by atoms with E-state index in [1.165, 1.54) is 31.2 Å². The Hall–Kier alpha value is -1.39. The first-order valence-corrected chi connectivity index (χ1v) is 7.88. The number of benzene rings is 1. The summed E-state index contributed by atoms with van der Waals surface area (Å²) < 4.78 is 0. The topological polar surface area (TPSA) is 35.6 Å². The third-order valence-corrected chi connectivity index (χ3v) is 5.14. The van der Waals surface area contributed by atoms with Gasteiger partial charge >= 0.3 is 0 Å². The third-order valence-electron chi connectivity index (χ3n) is 5.14. The molecular weight excluding hydrogens is 262 g/mol. The van der Waals surface area contributed by atoms with Crippen molar-refractivity contribution in [1.82, 2.24) is 15.1 Å². The van der Waals surface area contributed by atoms with Gasteiger partial charge in [0.2, 0.25) is 5.91 Å². The maximum atomic E-state index is 12.4. The van der Waals surface area contributed by atoms with Gasteiger partial charge in [-0.15, -0.1) is 0 Å². The van der Waals surface area contributed by atoms with E-state index in [4.69, 9.17) is 0 Å². The molecule has 0 radical (unpaired) electrons. The lowest BCUT2D eigenvalue weighted by Gasteiger charge is -2.41. The van der Waals surface area contributed by atoms with E-state index in [-0.39, 0.29) is 17.6 Å². The van der Waals surface area contributed by atoms with Crippen molar-refractivity contribution in [2.24, 2.45) is 0 Å². The molecule has 114 valence electrons. The second-order valence-corrected chi connectivity index (χ2v) is 6.54. The molecular formula is C17H25N3O. The van der Waals surface area contributed by atoms with Crippen LogP contribution in [0.15, 0.2) is 30.3 Å². The van der Waals surface area contributed by atoms with Gasteiger partial charge < -0.3 is 9.80 Å². The number of carbonyl (C=O) groups excluding carboxylic acids is 1. The van der Waals surface area contributed by atoms with Crippen LogP contribution in [-0.2, 0) is 4.79 Å². The maximum absolute atomic E-state index is 12.4. The molecule has 1 aliphatic carbocycles. The molecule has 1 aliphatic heterocycles. The van der Waals surface area contributed by atoms with Crippen LogP contribution in [0.25, 0.3) is 0 Å². The summed E-state index contributed by atoms with van der Waals surface area (Å²) >= 11 is 0. The zero-order valence-electron chi connectivity index (χ0n) is 13.0. The maximum Gasteiger partial charge on any atom is 0.238 e. The summed E-state index contributed by atoms with van der Waals surface area (Å²) in [6.45, 7) is 1.27. The molecule has 1 saturated heterocycles. The highest BCUT2D eigenvalue weighted by atomic mass is 16.2. The molecule has 1 amide bonds. The molecule has 2 fully saturated rings. The minimum absolute atomic E-state index is 0.0242. The van der Waals surface area contributed by atoms with E-state index in [1.54, 1.807) is 0 Å². The summed E-state index contributed by atoms with van der Waals surface area (Å²) in [5.41, 5.74) is 1.32. The van der Waals surface area contributed by atoms with Gasteiger partial charge in [-0.3, -0.25) is 10.1 Å². The van der Waals surface area contributed by atoms with Crippen LogP contribution in [0.1, 0.15) is 37.4 Å². The normalized spacial score (nSPS) is 25.0. The molecule has 0 bridgehead atoms. The van der Waals surface area contributed by atoms with Gasteiger partial charge in [-0.2, -0.15) is 0 Å². The highest BCUT2D eigenvalue weighted by Crippen LogP contribution is 2.36. The van der Waals surface area contributed by atoms with Gasteiger partial charge in [0.25, 0.3) is 0 Å². The minimum atomic E-state index is 0.0242. The zero-order chi connectivity index (χ0) is 14.9. The smallest absolute Gasteiger partial charge is 0.238 e. The molecule has 1 aromatic rings. The molecule has 1 atom stereocenters. The van der Waals surface area contributed by atoms with Crippen LogP contribution >= 0.6 is 0 Å². The Morgan fingerprint density at radius 1 is 1.24 bits per heavy atom. The Labute approximate surface area is 127 Å². The number of nitrogens with zero attached hydrogens (tertiary/aromatic N) is 2. The van der Waals surface area contributed by atoms with Gasteiger partial charge in [-0.1, -0.05) is 43.2 Å². The molecule has 1 N–H and O–H groups in total. The number of nitrogens with one attached hydrogen (secondary N) is 1. The molecule has 4 nitrogen and oxygen atoms in total. The van der Waals surface area contributed by atoms with Crippen molar-refractivity contribution in [1.29, 1.82) is 0 Å². The first kappa shape index (κ1) is 14.5. The minimum Gasteiger partial charge on any atom is -0.320 e. The zero-order valence-corrected chi connectivity index (χ0v) is 13.0.